The number of methoxy groups -OCH3 is 1. The maximum atomic E-state index is 10.9. The van der Waals surface area contributed by atoms with Crippen LogP contribution in [0, 0.1) is 10.1 Å². The summed E-state index contributed by atoms with van der Waals surface area (Å²) in [4.78, 5) is 13.1. The molecule has 6 heteroatoms. The highest BCUT2D eigenvalue weighted by Gasteiger charge is 2.38. The lowest BCUT2D eigenvalue weighted by Crippen LogP contribution is -2.31. The predicted octanol–water partition coefficient (Wildman–Crippen LogP) is 2.64. The molecule has 2 aliphatic rings. The molecular weight excluding hydrogens is 270 g/mol. The Hall–Kier alpha value is -1.82. The van der Waals surface area contributed by atoms with Crippen molar-refractivity contribution in [2.24, 2.45) is 0 Å². The van der Waals surface area contributed by atoms with Gasteiger partial charge in [-0.2, -0.15) is 0 Å². The minimum Gasteiger partial charge on any atom is -0.495 e. The van der Waals surface area contributed by atoms with Crippen molar-refractivity contribution in [2.45, 2.75) is 44.3 Å². The quantitative estimate of drug-likeness (QED) is 0.667. The lowest BCUT2D eigenvalue weighted by atomic mass is 10.1. The normalized spacial score (nSPS) is 25.8. The van der Waals surface area contributed by atoms with Gasteiger partial charge in [0.25, 0.3) is 5.69 Å². The van der Waals surface area contributed by atoms with Crippen LogP contribution in [-0.2, 0) is 0 Å². The average molecular weight is 291 g/mol. The number of nitro benzene ring substituents is 1. The van der Waals surface area contributed by atoms with Crippen molar-refractivity contribution in [3.8, 4) is 5.75 Å². The molecule has 1 heterocycles. The van der Waals surface area contributed by atoms with E-state index in [9.17, 15) is 10.1 Å². The van der Waals surface area contributed by atoms with Gasteiger partial charge in [-0.15, -0.1) is 0 Å². The van der Waals surface area contributed by atoms with Crippen LogP contribution in [0.25, 0.3) is 0 Å². The molecular formula is C15H21N3O3. The fraction of sp³-hybridized carbons (Fsp3) is 0.600. The van der Waals surface area contributed by atoms with Crippen molar-refractivity contribution in [3.05, 3.63) is 28.3 Å². The third-order valence-electron chi connectivity index (χ3n) is 4.39. The fourth-order valence-electron chi connectivity index (χ4n) is 3.22. The molecule has 2 unspecified atom stereocenters. The van der Waals surface area contributed by atoms with Crippen LogP contribution in [0.15, 0.2) is 18.2 Å². The number of hydrogen-bond donors (Lipinski definition) is 1. The zero-order valence-electron chi connectivity index (χ0n) is 12.4. The minimum atomic E-state index is -0.377. The van der Waals surface area contributed by atoms with Gasteiger partial charge >= 0.3 is 0 Å². The SMILES string of the molecule is COc1ccc([N+](=O)[O-])cc1NC1CC(C)N(C2CC2)C1. The van der Waals surface area contributed by atoms with Gasteiger partial charge in [-0.1, -0.05) is 0 Å². The number of hydrogen-bond acceptors (Lipinski definition) is 5. The van der Waals surface area contributed by atoms with Gasteiger partial charge in [0.1, 0.15) is 5.75 Å². The van der Waals surface area contributed by atoms with Gasteiger partial charge in [0, 0.05) is 36.8 Å². The molecule has 21 heavy (non-hydrogen) atoms. The zero-order valence-corrected chi connectivity index (χ0v) is 12.4. The lowest BCUT2D eigenvalue weighted by molar-refractivity contribution is -0.384. The second kappa shape index (κ2) is 5.52. The van der Waals surface area contributed by atoms with Crippen LogP contribution < -0.4 is 10.1 Å². The smallest absolute Gasteiger partial charge is 0.271 e. The molecule has 6 nitrogen and oxygen atoms in total. The van der Waals surface area contributed by atoms with Gasteiger partial charge in [0.05, 0.1) is 17.7 Å². The van der Waals surface area contributed by atoms with Gasteiger partial charge in [-0.3, -0.25) is 15.0 Å². The van der Waals surface area contributed by atoms with Gasteiger partial charge in [0.2, 0.25) is 0 Å². The third kappa shape index (κ3) is 2.95. The summed E-state index contributed by atoms with van der Waals surface area (Å²) in [6.07, 6.45) is 3.66. The number of nitrogens with zero attached hydrogens (tertiary/aromatic N) is 2. The molecule has 0 bridgehead atoms. The molecule has 1 aromatic rings. The van der Waals surface area contributed by atoms with E-state index in [0.29, 0.717) is 23.5 Å². The molecule has 1 N–H and O–H groups in total. The van der Waals surface area contributed by atoms with Crippen LogP contribution in [0.1, 0.15) is 26.2 Å². The van der Waals surface area contributed by atoms with E-state index >= 15 is 0 Å². The number of nitrogens with one attached hydrogen (secondary N) is 1. The van der Waals surface area contributed by atoms with E-state index in [4.69, 9.17) is 4.74 Å². The van der Waals surface area contributed by atoms with Crippen LogP contribution in [-0.4, -0.2) is 41.6 Å². The van der Waals surface area contributed by atoms with Crippen LogP contribution in [0.2, 0.25) is 0 Å². The summed E-state index contributed by atoms with van der Waals surface area (Å²) in [7, 11) is 1.58. The fourth-order valence-corrected chi connectivity index (χ4v) is 3.22. The summed E-state index contributed by atoms with van der Waals surface area (Å²) < 4.78 is 5.31. The molecule has 1 aliphatic heterocycles. The Morgan fingerprint density at radius 1 is 1.43 bits per heavy atom. The largest absolute Gasteiger partial charge is 0.495 e. The number of anilines is 1. The first-order valence-electron chi connectivity index (χ1n) is 7.43. The standard InChI is InChI=1S/C15H21N3O3/c1-10-7-11(9-17(10)12-3-4-12)16-14-8-13(18(19)20)5-6-15(14)21-2/h5-6,8,10-12,16H,3-4,7,9H2,1-2H3. The number of non-ortho nitro benzene ring substituents is 1. The lowest BCUT2D eigenvalue weighted by Gasteiger charge is -2.20. The molecule has 0 spiro atoms. The molecule has 0 radical (unpaired) electrons. The molecule has 1 saturated heterocycles. The van der Waals surface area contributed by atoms with Crippen molar-refractivity contribution in [3.63, 3.8) is 0 Å². The summed E-state index contributed by atoms with van der Waals surface area (Å²) in [6.45, 7) is 3.25. The second-order valence-corrected chi connectivity index (χ2v) is 6.00. The summed E-state index contributed by atoms with van der Waals surface area (Å²) in [5, 5.41) is 14.3. The Bertz CT molecular complexity index is 545. The van der Waals surface area contributed by atoms with Crippen molar-refractivity contribution in [2.75, 3.05) is 19.0 Å². The summed E-state index contributed by atoms with van der Waals surface area (Å²) in [5.41, 5.74) is 0.796. The first-order chi connectivity index (χ1) is 10.1. The summed E-state index contributed by atoms with van der Waals surface area (Å²) in [5.74, 6) is 0.651. The average Bonchev–Trinajstić information content (AvgIpc) is 3.23. The van der Waals surface area contributed by atoms with Crippen molar-refractivity contribution < 1.29 is 9.66 Å². The van der Waals surface area contributed by atoms with E-state index < -0.39 is 0 Å². The van der Waals surface area contributed by atoms with Gasteiger partial charge in [-0.25, -0.2) is 0 Å². The highest BCUT2D eigenvalue weighted by molar-refractivity contribution is 5.62. The zero-order chi connectivity index (χ0) is 15.0. The Kier molecular flexibility index (Phi) is 3.71. The monoisotopic (exact) mass is 291 g/mol. The van der Waals surface area contributed by atoms with Crippen molar-refractivity contribution >= 4 is 11.4 Å². The topological polar surface area (TPSA) is 67.6 Å². The highest BCUT2D eigenvalue weighted by Crippen LogP contribution is 2.36. The number of likely N-dealkylation sites (tertiary alicyclic amines) is 1. The number of benzene rings is 1. The summed E-state index contributed by atoms with van der Waals surface area (Å²) in [6, 6.07) is 6.31. The Labute approximate surface area is 124 Å². The van der Waals surface area contributed by atoms with E-state index in [1.807, 2.05) is 0 Å². The highest BCUT2D eigenvalue weighted by atomic mass is 16.6. The van der Waals surface area contributed by atoms with Crippen LogP contribution >= 0.6 is 0 Å². The third-order valence-corrected chi connectivity index (χ3v) is 4.39. The predicted molar refractivity (Wildman–Crippen MR) is 80.9 cm³/mol. The van der Waals surface area contributed by atoms with E-state index in [-0.39, 0.29) is 10.6 Å². The molecule has 1 aromatic carbocycles. The molecule has 0 aromatic heterocycles. The molecule has 2 atom stereocenters. The molecule has 1 aliphatic carbocycles. The molecule has 0 amide bonds. The Morgan fingerprint density at radius 2 is 2.19 bits per heavy atom. The molecule has 3 rings (SSSR count). The van der Waals surface area contributed by atoms with Gasteiger partial charge in [-0.05, 0) is 32.3 Å². The van der Waals surface area contributed by atoms with Crippen LogP contribution in [0.4, 0.5) is 11.4 Å². The number of nitro groups is 1. The number of ether oxygens (including phenoxy) is 1. The maximum absolute atomic E-state index is 10.9. The minimum absolute atomic E-state index is 0.0865. The second-order valence-electron chi connectivity index (χ2n) is 6.00. The van der Waals surface area contributed by atoms with E-state index in [2.05, 4.69) is 17.1 Å². The van der Waals surface area contributed by atoms with Crippen LogP contribution in [0.5, 0.6) is 5.75 Å². The van der Waals surface area contributed by atoms with Crippen molar-refractivity contribution in [1.82, 2.24) is 4.90 Å². The van der Waals surface area contributed by atoms with Gasteiger partial charge in [0.15, 0.2) is 0 Å². The first-order valence-corrected chi connectivity index (χ1v) is 7.43. The maximum Gasteiger partial charge on any atom is 0.271 e. The van der Waals surface area contributed by atoms with Gasteiger partial charge < -0.3 is 10.1 Å². The Balaban J connectivity index is 1.74. The molecule has 114 valence electrons. The first kappa shape index (κ1) is 14.1. The van der Waals surface area contributed by atoms with E-state index in [1.54, 1.807) is 19.2 Å². The Morgan fingerprint density at radius 3 is 2.81 bits per heavy atom. The van der Waals surface area contributed by atoms with Crippen molar-refractivity contribution in [1.29, 1.82) is 0 Å². The molecule has 1 saturated carbocycles. The number of rotatable bonds is 5. The van der Waals surface area contributed by atoms with E-state index in [0.717, 1.165) is 19.0 Å². The van der Waals surface area contributed by atoms with Crippen LogP contribution in [0.3, 0.4) is 0 Å². The molecule has 2 fully saturated rings. The summed E-state index contributed by atoms with van der Waals surface area (Å²) >= 11 is 0. The van der Waals surface area contributed by atoms with E-state index in [1.165, 1.54) is 18.9 Å².